The molecule has 2 heterocycles. The zero-order valence-electron chi connectivity index (χ0n) is 15.0. The summed E-state index contributed by atoms with van der Waals surface area (Å²) in [7, 11) is 0. The first-order chi connectivity index (χ1) is 12.8. The van der Waals surface area contributed by atoms with Crippen molar-refractivity contribution in [3.8, 4) is 16.3 Å². The second kappa shape index (κ2) is 7.98. The van der Waals surface area contributed by atoms with E-state index < -0.39 is 0 Å². The predicted octanol–water partition coefficient (Wildman–Crippen LogP) is 4.77. The van der Waals surface area contributed by atoms with Gasteiger partial charge in [0.1, 0.15) is 10.8 Å². The van der Waals surface area contributed by atoms with E-state index in [-0.39, 0.29) is 0 Å². The molecule has 0 bridgehead atoms. The van der Waals surface area contributed by atoms with Gasteiger partial charge in [-0.2, -0.15) is 0 Å². The minimum atomic E-state index is 0.686. The number of hydrogen-bond acceptors (Lipinski definition) is 5. The Morgan fingerprint density at radius 3 is 2.69 bits per heavy atom. The van der Waals surface area contributed by atoms with Crippen molar-refractivity contribution in [3.05, 3.63) is 65.4 Å². The molecular formula is C21H23N3OS. The fraction of sp³-hybridized carbons (Fsp3) is 0.333. The van der Waals surface area contributed by atoms with E-state index in [0.29, 0.717) is 12.6 Å². The van der Waals surface area contributed by atoms with Gasteiger partial charge in [-0.3, -0.25) is 9.88 Å². The van der Waals surface area contributed by atoms with Crippen molar-refractivity contribution in [2.45, 2.75) is 38.9 Å². The van der Waals surface area contributed by atoms with Crippen LogP contribution in [0.4, 0.5) is 0 Å². The van der Waals surface area contributed by atoms with Crippen molar-refractivity contribution < 1.29 is 4.74 Å². The lowest BCUT2D eigenvalue weighted by Gasteiger charge is -2.20. The van der Waals surface area contributed by atoms with E-state index in [9.17, 15) is 0 Å². The smallest absolute Gasteiger partial charge is 0.123 e. The summed E-state index contributed by atoms with van der Waals surface area (Å²) >= 11 is 1.71. The predicted molar refractivity (Wildman–Crippen MR) is 105 cm³/mol. The zero-order chi connectivity index (χ0) is 17.8. The van der Waals surface area contributed by atoms with Gasteiger partial charge in [0.15, 0.2) is 0 Å². The minimum absolute atomic E-state index is 0.686. The zero-order valence-corrected chi connectivity index (χ0v) is 15.8. The summed E-state index contributed by atoms with van der Waals surface area (Å²) in [5, 5.41) is 3.25. The van der Waals surface area contributed by atoms with Crippen LogP contribution in [0.15, 0.2) is 54.2 Å². The normalized spacial score (nSPS) is 13.9. The van der Waals surface area contributed by atoms with Gasteiger partial charge in [0, 0.05) is 42.5 Å². The van der Waals surface area contributed by atoms with Gasteiger partial charge in [-0.25, -0.2) is 4.98 Å². The second-order valence-corrected chi connectivity index (χ2v) is 7.46. The molecule has 3 aromatic rings. The number of nitrogens with zero attached hydrogens (tertiary/aromatic N) is 3. The molecule has 1 fully saturated rings. The third kappa shape index (κ3) is 4.29. The second-order valence-electron chi connectivity index (χ2n) is 6.60. The molecule has 0 spiro atoms. The highest BCUT2D eigenvalue weighted by atomic mass is 32.1. The van der Waals surface area contributed by atoms with Crippen LogP contribution in [0.5, 0.6) is 5.75 Å². The Kier molecular flexibility index (Phi) is 5.27. The van der Waals surface area contributed by atoms with Crippen LogP contribution in [0.2, 0.25) is 0 Å². The van der Waals surface area contributed by atoms with E-state index in [4.69, 9.17) is 9.72 Å². The first-order valence-corrected chi connectivity index (χ1v) is 10.0. The van der Waals surface area contributed by atoms with Crippen LogP contribution in [0, 0.1) is 0 Å². The van der Waals surface area contributed by atoms with Gasteiger partial charge < -0.3 is 4.74 Å². The summed E-state index contributed by atoms with van der Waals surface area (Å²) in [6, 6.07) is 13.0. The molecule has 0 unspecified atom stereocenters. The lowest BCUT2D eigenvalue weighted by atomic mass is 10.2. The number of hydrogen-bond donors (Lipinski definition) is 0. The summed E-state index contributed by atoms with van der Waals surface area (Å²) in [4.78, 5) is 11.6. The van der Waals surface area contributed by atoms with E-state index in [2.05, 4.69) is 33.5 Å². The number of benzene rings is 1. The highest BCUT2D eigenvalue weighted by Gasteiger charge is 2.29. The van der Waals surface area contributed by atoms with Crippen LogP contribution in [0.1, 0.15) is 31.0 Å². The molecule has 0 radical (unpaired) electrons. The third-order valence-corrected chi connectivity index (χ3v) is 5.44. The quantitative estimate of drug-likeness (QED) is 0.576. The van der Waals surface area contributed by atoms with E-state index >= 15 is 0 Å². The first-order valence-electron chi connectivity index (χ1n) is 9.12. The molecule has 0 aliphatic heterocycles. The van der Waals surface area contributed by atoms with Gasteiger partial charge in [0.05, 0.1) is 12.3 Å². The topological polar surface area (TPSA) is 38.2 Å². The Hall–Kier alpha value is -2.24. The van der Waals surface area contributed by atoms with Gasteiger partial charge in [-0.15, -0.1) is 11.3 Å². The van der Waals surface area contributed by atoms with E-state index in [1.807, 2.05) is 37.5 Å². The van der Waals surface area contributed by atoms with Crippen LogP contribution < -0.4 is 4.74 Å². The molecule has 4 rings (SSSR count). The average molecular weight is 366 g/mol. The molecule has 0 atom stereocenters. The fourth-order valence-corrected chi connectivity index (χ4v) is 3.88. The van der Waals surface area contributed by atoms with Gasteiger partial charge in [0.2, 0.25) is 0 Å². The van der Waals surface area contributed by atoms with Crippen molar-refractivity contribution in [2.24, 2.45) is 0 Å². The maximum Gasteiger partial charge on any atom is 0.123 e. The largest absolute Gasteiger partial charge is 0.494 e. The maximum absolute atomic E-state index is 5.52. The molecule has 4 nitrogen and oxygen atoms in total. The van der Waals surface area contributed by atoms with Crippen molar-refractivity contribution in [1.29, 1.82) is 0 Å². The summed E-state index contributed by atoms with van der Waals surface area (Å²) < 4.78 is 5.52. The summed E-state index contributed by atoms with van der Waals surface area (Å²) in [6.07, 6.45) is 6.36. The van der Waals surface area contributed by atoms with Gasteiger partial charge in [-0.1, -0.05) is 6.07 Å². The number of pyridine rings is 1. The highest BCUT2D eigenvalue weighted by Crippen LogP contribution is 2.31. The molecule has 0 saturated heterocycles. The molecule has 1 saturated carbocycles. The van der Waals surface area contributed by atoms with Crippen LogP contribution in [-0.4, -0.2) is 27.5 Å². The van der Waals surface area contributed by atoms with Crippen LogP contribution >= 0.6 is 11.3 Å². The number of aromatic nitrogens is 2. The van der Waals surface area contributed by atoms with Crippen molar-refractivity contribution in [3.63, 3.8) is 0 Å². The van der Waals surface area contributed by atoms with Crippen molar-refractivity contribution in [2.75, 3.05) is 6.61 Å². The van der Waals surface area contributed by atoms with E-state index in [1.165, 1.54) is 18.4 Å². The number of thiazole rings is 1. The Labute approximate surface area is 158 Å². The molecule has 1 aliphatic carbocycles. The number of rotatable bonds is 8. The van der Waals surface area contributed by atoms with Crippen molar-refractivity contribution in [1.82, 2.24) is 14.9 Å². The lowest BCUT2D eigenvalue weighted by Crippen LogP contribution is -2.25. The highest BCUT2D eigenvalue weighted by molar-refractivity contribution is 7.13. The summed E-state index contributed by atoms with van der Waals surface area (Å²) in [5.74, 6) is 0.907. The minimum Gasteiger partial charge on any atom is -0.494 e. The van der Waals surface area contributed by atoms with Crippen LogP contribution in [0.25, 0.3) is 10.6 Å². The monoisotopic (exact) mass is 365 g/mol. The Balaban J connectivity index is 1.44. The Bertz CT molecular complexity index is 828. The van der Waals surface area contributed by atoms with Crippen LogP contribution in [0.3, 0.4) is 0 Å². The van der Waals surface area contributed by atoms with Gasteiger partial charge in [0.25, 0.3) is 0 Å². The molecular weight excluding hydrogens is 342 g/mol. The molecule has 2 aromatic heterocycles. The molecule has 5 heteroatoms. The SMILES string of the molecule is CCOc1ccc(-c2nc(CN(Cc3cccnc3)C3CC3)cs2)cc1. The molecule has 0 amide bonds. The third-order valence-electron chi connectivity index (χ3n) is 4.50. The average Bonchev–Trinajstić information content (AvgIpc) is 3.42. The van der Waals surface area contributed by atoms with Crippen molar-refractivity contribution >= 4 is 11.3 Å². The van der Waals surface area contributed by atoms with E-state index in [0.717, 1.165) is 35.1 Å². The molecule has 26 heavy (non-hydrogen) atoms. The maximum atomic E-state index is 5.52. The molecule has 1 aliphatic rings. The van der Waals surface area contributed by atoms with Gasteiger partial charge in [-0.05, 0) is 55.7 Å². The molecule has 134 valence electrons. The molecule has 1 aromatic carbocycles. The number of ether oxygens (including phenoxy) is 1. The van der Waals surface area contributed by atoms with E-state index in [1.54, 1.807) is 11.3 Å². The summed E-state index contributed by atoms with van der Waals surface area (Å²) in [5.41, 5.74) is 3.56. The lowest BCUT2D eigenvalue weighted by molar-refractivity contribution is 0.243. The summed E-state index contributed by atoms with van der Waals surface area (Å²) in [6.45, 7) is 4.52. The molecule has 0 N–H and O–H groups in total. The first kappa shape index (κ1) is 17.2. The standard InChI is InChI=1S/C21H23N3OS/c1-2-25-20-9-5-17(6-10-20)21-23-18(15-26-21)14-24(19-7-8-19)13-16-4-3-11-22-12-16/h3-6,9-12,15,19H,2,7-8,13-14H2,1H3. The Morgan fingerprint density at radius 1 is 1.15 bits per heavy atom. The van der Waals surface area contributed by atoms with Crippen LogP contribution in [-0.2, 0) is 13.1 Å². The van der Waals surface area contributed by atoms with Gasteiger partial charge >= 0.3 is 0 Å². The Morgan fingerprint density at radius 2 is 2.00 bits per heavy atom. The fourth-order valence-electron chi connectivity index (χ4n) is 3.06.